The first kappa shape index (κ1) is 13.8. The fourth-order valence-electron chi connectivity index (χ4n) is 1.84. The summed E-state index contributed by atoms with van der Waals surface area (Å²) in [5.41, 5.74) is 5.43. The summed E-state index contributed by atoms with van der Waals surface area (Å²) in [7, 11) is 0. The number of rotatable bonds is 1. The molecule has 0 bridgehead atoms. The first-order valence-corrected chi connectivity index (χ1v) is 6.49. The van der Waals surface area contributed by atoms with Gasteiger partial charge in [0.2, 0.25) is 0 Å². The van der Waals surface area contributed by atoms with Crippen molar-refractivity contribution in [3.63, 3.8) is 0 Å². The number of nitrogens with two attached hydrogens (primary N) is 1. The third-order valence-electron chi connectivity index (χ3n) is 2.84. The van der Waals surface area contributed by atoms with Gasteiger partial charge in [0.05, 0.1) is 17.5 Å². The van der Waals surface area contributed by atoms with Crippen LogP contribution in [-0.4, -0.2) is 19.6 Å². The molecule has 3 rings (SSSR count). The minimum absolute atomic E-state index is 0.221. The van der Waals surface area contributed by atoms with E-state index in [1.165, 1.54) is 10.7 Å². The third kappa shape index (κ3) is 2.44. The molecule has 3 aromatic heterocycles. The normalized spacial score (nSPS) is 12.0. The van der Waals surface area contributed by atoms with Gasteiger partial charge in [0.25, 0.3) is 0 Å². The highest BCUT2D eigenvalue weighted by Crippen LogP contribution is 2.34. The number of nitrogen functional groups attached to an aromatic ring is 1. The highest BCUT2D eigenvalue weighted by molar-refractivity contribution is 9.10. The van der Waals surface area contributed by atoms with Crippen LogP contribution in [0.1, 0.15) is 5.56 Å². The summed E-state index contributed by atoms with van der Waals surface area (Å²) in [6.45, 7) is 0. The number of fused-ring (bicyclic) bond motifs is 1. The van der Waals surface area contributed by atoms with Gasteiger partial charge in [-0.1, -0.05) is 0 Å². The van der Waals surface area contributed by atoms with Crippen LogP contribution in [0.25, 0.3) is 16.9 Å². The van der Waals surface area contributed by atoms with Crippen molar-refractivity contribution in [2.75, 3.05) is 5.73 Å². The van der Waals surface area contributed by atoms with Crippen LogP contribution in [-0.2, 0) is 6.18 Å². The first-order chi connectivity index (χ1) is 9.86. The van der Waals surface area contributed by atoms with Crippen LogP contribution in [0.15, 0.2) is 35.2 Å². The molecule has 2 N–H and O–H groups in total. The Labute approximate surface area is 124 Å². The number of aromatic nitrogens is 4. The number of pyridine rings is 1. The van der Waals surface area contributed by atoms with Crippen molar-refractivity contribution in [1.29, 1.82) is 0 Å². The summed E-state index contributed by atoms with van der Waals surface area (Å²) in [6.07, 6.45) is -1.76. The molecule has 3 aromatic rings. The van der Waals surface area contributed by atoms with Gasteiger partial charge in [-0.15, -0.1) is 0 Å². The Hall–Kier alpha value is -2.16. The monoisotopic (exact) mass is 357 g/mol. The standard InChI is InChI=1S/C12H7BrF3N5/c13-9-5-18-10-2-1-8(20-21(9)10)6-3-7(12(14,15)16)11(17)19-4-6/h1-5H,(H2,17,19). The molecule has 0 atom stereocenters. The maximum atomic E-state index is 12.8. The summed E-state index contributed by atoms with van der Waals surface area (Å²) in [6, 6.07) is 4.15. The quantitative estimate of drug-likeness (QED) is 0.726. The summed E-state index contributed by atoms with van der Waals surface area (Å²) in [4.78, 5) is 7.66. The molecule has 0 aliphatic rings. The maximum absolute atomic E-state index is 12.8. The van der Waals surface area contributed by atoms with Crippen LogP contribution in [0.4, 0.5) is 19.0 Å². The fraction of sp³-hybridized carbons (Fsp3) is 0.0833. The Balaban J connectivity index is 2.16. The number of hydrogen-bond donors (Lipinski definition) is 1. The fourth-order valence-corrected chi connectivity index (χ4v) is 2.21. The number of hydrogen-bond acceptors (Lipinski definition) is 4. The molecule has 0 aromatic carbocycles. The van der Waals surface area contributed by atoms with E-state index < -0.39 is 17.6 Å². The summed E-state index contributed by atoms with van der Waals surface area (Å²) >= 11 is 3.25. The van der Waals surface area contributed by atoms with Gasteiger partial charge in [0.1, 0.15) is 10.4 Å². The van der Waals surface area contributed by atoms with E-state index in [4.69, 9.17) is 5.73 Å². The zero-order chi connectivity index (χ0) is 15.2. The molecule has 108 valence electrons. The van der Waals surface area contributed by atoms with Gasteiger partial charge in [0, 0.05) is 11.8 Å². The highest BCUT2D eigenvalue weighted by Gasteiger charge is 2.34. The van der Waals surface area contributed by atoms with E-state index in [9.17, 15) is 13.2 Å². The largest absolute Gasteiger partial charge is 0.419 e. The van der Waals surface area contributed by atoms with Gasteiger partial charge in [-0.3, -0.25) is 0 Å². The van der Waals surface area contributed by atoms with Crippen molar-refractivity contribution < 1.29 is 13.2 Å². The van der Waals surface area contributed by atoms with Crippen LogP contribution in [0.5, 0.6) is 0 Å². The molecule has 0 aliphatic heterocycles. The lowest BCUT2D eigenvalue weighted by Crippen LogP contribution is -2.10. The maximum Gasteiger partial charge on any atom is 0.419 e. The molecule has 0 radical (unpaired) electrons. The third-order valence-corrected chi connectivity index (χ3v) is 3.38. The Morgan fingerprint density at radius 1 is 1.14 bits per heavy atom. The van der Waals surface area contributed by atoms with E-state index in [0.717, 1.165) is 6.07 Å². The topological polar surface area (TPSA) is 69.1 Å². The van der Waals surface area contributed by atoms with Gasteiger partial charge in [0.15, 0.2) is 5.65 Å². The van der Waals surface area contributed by atoms with Gasteiger partial charge >= 0.3 is 6.18 Å². The van der Waals surface area contributed by atoms with E-state index >= 15 is 0 Å². The predicted molar refractivity (Wildman–Crippen MR) is 73.3 cm³/mol. The lowest BCUT2D eigenvalue weighted by atomic mass is 10.1. The zero-order valence-electron chi connectivity index (χ0n) is 10.3. The lowest BCUT2D eigenvalue weighted by molar-refractivity contribution is -0.137. The summed E-state index contributed by atoms with van der Waals surface area (Å²) in [5.74, 6) is -0.559. The zero-order valence-corrected chi connectivity index (χ0v) is 11.9. The predicted octanol–water partition coefficient (Wildman–Crippen LogP) is 3.15. The van der Waals surface area contributed by atoms with Crippen LogP contribution < -0.4 is 5.73 Å². The number of nitrogens with zero attached hydrogens (tertiary/aromatic N) is 4. The molecule has 0 unspecified atom stereocenters. The molecule has 0 fully saturated rings. The molecule has 0 saturated carbocycles. The first-order valence-electron chi connectivity index (χ1n) is 5.69. The van der Waals surface area contributed by atoms with E-state index in [0.29, 0.717) is 15.9 Å². The van der Waals surface area contributed by atoms with Gasteiger partial charge < -0.3 is 5.73 Å². The molecule has 0 spiro atoms. The molecule has 0 amide bonds. The van der Waals surface area contributed by atoms with E-state index in [1.54, 1.807) is 18.3 Å². The van der Waals surface area contributed by atoms with E-state index in [2.05, 4.69) is 31.0 Å². The van der Waals surface area contributed by atoms with E-state index in [1.807, 2.05) is 0 Å². The van der Waals surface area contributed by atoms with Crippen molar-refractivity contribution in [3.8, 4) is 11.3 Å². The van der Waals surface area contributed by atoms with Crippen molar-refractivity contribution in [3.05, 3.63) is 40.8 Å². The number of imidazole rings is 1. The Kier molecular flexibility index (Phi) is 3.08. The van der Waals surface area contributed by atoms with Crippen molar-refractivity contribution in [2.24, 2.45) is 0 Å². The van der Waals surface area contributed by atoms with Crippen molar-refractivity contribution >= 4 is 27.4 Å². The van der Waals surface area contributed by atoms with Gasteiger partial charge in [-0.25, -0.2) is 14.5 Å². The number of anilines is 1. The average molecular weight is 358 g/mol. The van der Waals surface area contributed by atoms with Gasteiger partial charge in [-0.05, 0) is 34.1 Å². The second-order valence-corrected chi connectivity index (χ2v) is 5.04. The molecule has 3 heterocycles. The minimum Gasteiger partial charge on any atom is -0.383 e. The summed E-state index contributed by atoms with van der Waals surface area (Å²) in [5, 5.41) is 4.22. The molecule has 9 heteroatoms. The number of alkyl halides is 3. The van der Waals surface area contributed by atoms with Crippen LogP contribution in [0.2, 0.25) is 0 Å². The molecule has 5 nitrogen and oxygen atoms in total. The Bertz CT molecular complexity index is 827. The minimum atomic E-state index is -4.56. The number of halogens is 4. The SMILES string of the molecule is Nc1ncc(-c2ccc3ncc(Br)n3n2)cc1C(F)(F)F. The lowest BCUT2D eigenvalue weighted by Gasteiger charge is -2.10. The smallest absolute Gasteiger partial charge is 0.383 e. The molecular formula is C12H7BrF3N5. The second-order valence-electron chi connectivity index (χ2n) is 4.22. The second kappa shape index (κ2) is 4.69. The van der Waals surface area contributed by atoms with Crippen LogP contribution in [0.3, 0.4) is 0 Å². The molecule has 0 saturated heterocycles. The van der Waals surface area contributed by atoms with E-state index in [-0.39, 0.29) is 5.56 Å². The van der Waals surface area contributed by atoms with Crippen molar-refractivity contribution in [2.45, 2.75) is 6.18 Å². The van der Waals surface area contributed by atoms with Crippen LogP contribution >= 0.6 is 15.9 Å². The molecule has 21 heavy (non-hydrogen) atoms. The Morgan fingerprint density at radius 3 is 2.62 bits per heavy atom. The highest BCUT2D eigenvalue weighted by atomic mass is 79.9. The summed E-state index contributed by atoms with van der Waals surface area (Å²) < 4.78 is 40.6. The average Bonchev–Trinajstić information content (AvgIpc) is 2.79. The Morgan fingerprint density at radius 2 is 1.90 bits per heavy atom. The molecule has 0 aliphatic carbocycles. The van der Waals surface area contributed by atoms with Crippen molar-refractivity contribution in [1.82, 2.24) is 19.6 Å². The van der Waals surface area contributed by atoms with Crippen LogP contribution in [0, 0.1) is 0 Å². The molecular weight excluding hydrogens is 351 g/mol. The van der Waals surface area contributed by atoms with Gasteiger partial charge in [-0.2, -0.15) is 18.3 Å².